The molecule has 0 saturated carbocycles. The molecule has 0 aliphatic carbocycles. The topological polar surface area (TPSA) is 96.0 Å². The molecule has 214 valence electrons. The van der Waals surface area contributed by atoms with E-state index in [1.54, 1.807) is 67.6 Å². The summed E-state index contributed by atoms with van der Waals surface area (Å²) in [6.45, 7) is 4.81. The smallest absolute Gasteiger partial charge is 0.264 e. The number of benzene rings is 3. The van der Waals surface area contributed by atoms with Crippen LogP contribution in [0.1, 0.15) is 32.8 Å². The van der Waals surface area contributed by atoms with Crippen molar-refractivity contribution in [1.29, 1.82) is 0 Å². The Hall–Kier alpha value is -3.27. The summed E-state index contributed by atoms with van der Waals surface area (Å²) < 4.78 is 33.8. The maximum atomic E-state index is 14.0. The van der Waals surface area contributed by atoms with Gasteiger partial charge >= 0.3 is 0 Å². The third-order valence-electron chi connectivity index (χ3n) is 6.49. The van der Waals surface area contributed by atoms with E-state index < -0.39 is 28.5 Å². The van der Waals surface area contributed by atoms with Crippen molar-refractivity contribution in [2.24, 2.45) is 0 Å². The predicted molar refractivity (Wildman–Crippen MR) is 158 cm³/mol. The molecule has 1 N–H and O–H groups in total. The van der Waals surface area contributed by atoms with Crippen LogP contribution in [0.25, 0.3) is 0 Å². The van der Waals surface area contributed by atoms with Gasteiger partial charge in [-0.15, -0.1) is 0 Å². The number of carbonyl (C=O) groups is 2. The number of nitrogens with zero attached hydrogens (tertiary/aromatic N) is 2. The van der Waals surface area contributed by atoms with Gasteiger partial charge in [0, 0.05) is 22.6 Å². The number of anilines is 1. The molecule has 0 aromatic heterocycles. The van der Waals surface area contributed by atoms with Gasteiger partial charge in [-0.05, 0) is 74.4 Å². The highest BCUT2D eigenvalue weighted by Crippen LogP contribution is 2.27. The first-order valence-corrected chi connectivity index (χ1v) is 14.9. The standard InChI is InChI=1S/C29H33Cl2N3O5S/c1-5-20(2)32-29(36)21(3)33(18-22-11-12-23(30)17-27(22)31)28(35)19-34(24-13-15-25(39-4)16-14-24)40(37,38)26-9-7-6-8-10-26/h6-17,20-21H,5,18-19H2,1-4H3,(H,32,36)/t20-,21+/m0/s1. The Labute approximate surface area is 245 Å². The first-order valence-electron chi connectivity index (χ1n) is 12.7. The van der Waals surface area contributed by atoms with Crippen LogP contribution >= 0.6 is 23.2 Å². The lowest BCUT2D eigenvalue weighted by Crippen LogP contribution is -2.52. The lowest BCUT2D eigenvalue weighted by Gasteiger charge is -2.32. The van der Waals surface area contributed by atoms with Crippen LogP contribution in [0.4, 0.5) is 5.69 Å². The lowest BCUT2D eigenvalue weighted by molar-refractivity contribution is -0.139. The van der Waals surface area contributed by atoms with Crippen molar-refractivity contribution >= 4 is 50.7 Å². The van der Waals surface area contributed by atoms with E-state index in [0.29, 0.717) is 27.8 Å². The average Bonchev–Trinajstić information content (AvgIpc) is 2.95. The summed E-state index contributed by atoms with van der Waals surface area (Å²) in [7, 11) is -2.65. The number of rotatable bonds is 12. The van der Waals surface area contributed by atoms with Crippen molar-refractivity contribution in [3.8, 4) is 5.75 Å². The zero-order chi connectivity index (χ0) is 29.4. The Kier molecular flexibility index (Phi) is 10.8. The molecule has 11 heteroatoms. The van der Waals surface area contributed by atoms with Crippen LogP contribution in [0.3, 0.4) is 0 Å². The molecular weight excluding hydrogens is 573 g/mol. The number of carbonyl (C=O) groups excluding carboxylic acids is 2. The second-order valence-corrected chi connectivity index (χ2v) is 12.0. The molecule has 0 fully saturated rings. The molecule has 0 bridgehead atoms. The fourth-order valence-electron chi connectivity index (χ4n) is 3.88. The lowest BCUT2D eigenvalue weighted by atomic mass is 10.1. The predicted octanol–water partition coefficient (Wildman–Crippen LogP) is 5.53. The molecule has 0 aliphatic heterocycles. The minimum Gasteiger partial charge on any atom is -0.497 e. The van der Waals surface area contributed by atoms with Crippen LogP contribution in [0.2, 0.25) is 10.0 Å². The van der Waals surface area contributed by atoms with Gasteiger partial charge in [-0.2, -0.15) is 0 Å². The summed E-state index contributed by atoms with van der Waals surface area (Å²) in [6.07, 6.45) is 0.704. The fraction of sp³-hybridized carbons (Fsp3) is 0.310. The molecule has 0 unspecified atom stereocenters. The SMILES string of the molecule is CC[C@H](C)NC(=O)[C@@H](C)N(Cc1ccc(Cl)cc1Cl)C(=O)CN(c1ccc(OC)cc1)S(=O)(=O)c1ccccc1. The van der Waals surface area contributed by atoms with Gasteiger partial charge < -0.3 is 15.0 Å². The van der Waals surface area contributed by atoms with E-state index in [0.717, 1.165) is 4.31 Å². The second-order valence-electron chi connectivity index (χ2n) is 9.27. The summed E-state index contributed by atoms with van der Waals surface area (Å²) in [5.41, 5.74) is 0.823. The molecule has 0 heterocycles. The van der Waals surface area contributed by atoms with Gasteiger partial charge in [0.05, 0.1) is 17.7 Å². The highest BCUT2D eigenvalue weighted by molar-refractivity contribution is 7.92. The van der Waals surface area contributed by atoms with Crippen LogP contribution in [-0.4, -0.2) is 50.9 Å². The number of sulfonamides is 1. The van der Waals surface area contributed by atoms with Crippen molar-refractivity contribution in [3.63, 3.8) is 0 Å². The third-order valence-corrected chi connectivity index (χ3v) is 8.87. The summed E-state index contributed by atoms with van der Waals surface area (Å²) in [5.74, 6) is -0.427. The van der Waals surface area contributed by atoms with Crippen LogP contribution in [0, 0.1) is 0 Å². The molecule has 3 rings (SSSR count). The Balaban J connectivity index is 2.04. The Morgan fingerprint density at radius 1 is 0.975 bits per heavy atom. The normalized spacial score (nSPS) is 12.8. The molecule has 3 aromatic carbocycles. The van der Waals surface area contributed by atoms with E-state index in [9.17, 15) is 18.0 Å². The van der Waals surface area contributed by atoms with E-state index in [4.69, 9.17) is 27.9 Å². The number of methoxy groups -OCH3 is 1. The molecule has 0 aliphatic rings. The molecule has 0 radical (unpaired) electrons. The molecule has 2 atom stereocenters. The van der Waals surface area contributed by atoms with Gasteiger partial charge in [-0.3, -0.25) is 13.9 Å². The van der Waals surface area contributed by atoms with Gasteiger partial charge in [0.2, 0.25) is 11.8 Å². The number of ether oxygens (including phenoxy) is 1. The molecule has 40 heavy (non-hydrogen) atoms. The van der Waals surface area contributed by atoms with E-state index in [-0.39, 0.29) is 29.1 Å². The highest BCUT2D eigenvalue weighted by Gasteiger charge is 2.33. The largest absolute Gasteiger partial charge is 0.497 e. The van der Waals surface area contributed by atoms with Crippen molar-refractivity contribution < 1.29 is 22.7 Å². The third kappa shape index (κ3) is 7.68. The van der Waals surface area contributed by atoms with Crippen molar-refractivity contribution in [1.82, 2.24) is 10.2 Å². The first-order chi connectivity index (χ1) is 19.0. The maximum Gasteiger partial charge on any atom is 0.264 e. The molecule has 8 nitrogen and oxygen atoms in total. The number of hydrogen-bond donors (Lipinski definition) is 1. The number of halogens is 2. The quantitative estimate of drug-likeness (QED) is 0.293. The summed E-state index contributed by atoms with van der Waals surface area (Å²) in [6, 6.07) is 18.0. The van der Waals surface area contributed by atoms with E-state index >= 15 is 0 Å². The van der Waals surface area contributed by atoms with E-state index in [1.165, 1.54) is 24.1 Å². The van der Waals surface area contributed by atoms with Crippen molar-refractivity contribution in [2.75, 3.05) is 18.0 Å². The Bertz CT molecular complexity index is 1420. The van der Waals surface area contributed by atoms with E-state index in [2.05, 4.69) is 5.32 Å². The molecular formula is C29H33Cl2N3O5S. The fourth-order valence-corrected chi connectivity index (χ4v) is 5.78. The molecule has 2 amide bonds. The summed E-state index contributed by atoms with van der Waals surface area (Å²) in [4.78, 5) is 28.4. The van der Waals surface area contributed by atoms with Crippen molar-refractivity contribution in [2.45, 2.75) is 50.7 Å². The van der Waals surface area contributed by atoms with Crippen LogP contribution in [0.15, 0.2) is 77.7 Å². The monoisotopic (exact) mass is 605 g/mol. The molecule has 0 saturated heterocycles. The summed E-state index contributed by atoms with van der Waals surface area (Å²) >= 11 is 12.5. The number of hydrogen-bond acceptors (Lipinski definition) is 5. The van der Waals surface area contributed by atoms with E-state index in [1.807, 2.05) is 13.8 Å². The minimum absolute atomic E-state index is 0.0217. The van der Waals surface area contributed by atoms with Gasteiger partial charge in [-0.25, -0.2) is 8.42 Å². The Morgan fingerprint density at radius 2 is 1.62 bits per heavy atom. The summed E-state index contributed by atoms with van der Waals surface area (Å²) in [5, 5.41) is 3.64. The zero-order valence-corrected chi connectivity index (χ0v) is 25.1. The maximum absolute atomic E-state index is 14.0. The zero-order valence-electron chi connectivity index (χ0n) is 22.8. The second kappa shape index (κ2) is 13.9. The Morgan fingerprint density at radius 3 is 2.20 bits per heavy atom. The van der Waals surface area contributed by atoms with Gasteiger partial charge in [0.1, 0.15) is 18.3 Å². The highest BCUT2D eigenvalue weighted by atomic mass is 35.5. The van der Waals surface area contributed by atoms with Gasteiger partial charge in [0.25, 0.3) is 10.0 Å². The van der Waals surface area contributed by atoms with Gasteiger partial charge in [0.15, 0.2) is 0 Å². The van der Waals surface area contributed by atoms with Crippen LogP contribution in [-0.2, 0) is 26.2 Å². The minimum atomic E-state index is -4.16. The van der Waals surface area contributed by atoms with Crippen LogP contribution in [0.5, 0.6) is 5.75 Å². The molecule has 0 spiro atoms. The molecule has 3 aromatic rings. The van der Waals surface area contributed by atoms with Gasteiger partial charge in [-0.1, -0.05) is 54.4 Å². The number of nitrogens with one attached hydrogen (secondary N) is 1. The van der Waals surface area contributed by atoms with Crippen LogP contribution < -0.4 is 14.4 Å². The average molecular weight is 607 g/mol. The van der Waals surface area contributed by atoms with Crippen molar-refractivity contribution in [3.05, 3.63) is 88.4 Å². The number of amides is 2. The first kappa shape index (κ1) is 31.3.